The average molecular weight is 307 g/mol. The maximum atomic E-state index is 13.6. The van der Waals surface area contributed by atoms with Crippen molar-refractivity contribution in [3.63, 3.8) is 0 Å². The molecule has 0 spiro atoms. The topological polar surface area (TPSA) is 41.1 Å². The van der Waals surface area contributed by atoms with Gasteiger partial charge in [0.05, 0.1) is 0 Å². The van der Waals surface area contributed by atoms with Crippen LogP contribution in [-0.2, 0) is 4.79 Å². The smallest absolute Gasteiger partial charge is 0.221 e. The molecule has 1 aliphatic rings. The molecule has 1 aromatic rings. The van der Waals surface area contributed by atoms with Crippen LogP contribution in [0.3, 0.4) is 0 Å². The van der Waals surface area contributed by atoms with Crippen molar-refractivity contribution in [3.8, 4) is 0 Å². The van der Waals surface area contributed by atoms with Crippen molar-refractivity contribution in [2.24, 2.45) is 0 Å². The Morgan fingerprint density at radius 1 is 1.53 bits per heavy atom. The Morgan fingerprint density at radius 2 is 2.26 bits per heavy atom. The molecule has 1 amide bonds. The molecular formula is C13H17Cl2FN2O. The zero-order chi connectivity index (χ0) is 13.1. The van der Waals surface area contributed by atoms with E-state index < -0.39 is 0 Å². The second-order valence-corrected chi connectivity index (χ2v) is 4.91. The van der Waals surface area contributed by atoms with Gasteiger partial charge in [-0.2, -0.15) is 0 Å². The molecule has 2 atom stereocenters. The van der Waals surface area contributed by atoms with E-state index >= 15 is 0 Å². The first-order chi connectivity index (χ1) is 8.63. The minimum atomic E-state index is -0.292. The van der Waals surface area contributed by atoms with Gasteiger partial charge in [-0.3, -0.25) is 4.79 Å². The average Bonchev–Trinajstić information content (AvgIpc) is 3.05. The third-order valence-electron chi connectivity index (χ3n) is 3.11. The number of rotatable bonds is 5. The molecule has 0 aromatic heterocycles. The first kappa shape index (κ1) is 16.2. The molecule has 2 N–H and O–H groups in total. The maximum absolute atomic E-state index is 13.6. The van der Waals surface area contributed by atoms with Crippen molar-refractivity contribution < 1.29 is 9.18 Å². The minimum Gasteiger partial charge on any atom is -0.353 e. The summed E-state index contributed by atoms with van der Waals surface area (Å²) in [6, 6.07) is 4.69. The molecule has 2 rings (SSSR count). The predicted octanol–water partition coefficient (Wildman–Crippen LogP) is 2.48. The van der Waals surface area contributed by atoms with Gasteiger partial charge in [0.25, 0.3) is 0 Å². The van der Waals surface area contributed by atoms with Crippen molar-refractivity contribution in [2.45, 2.75) is 24.8 Å². The van der Waals surface area contributed by atoms with Crippen LogP contribution in [0.1, 0.15) is 24.3 Å². The number of halogens is 3. The summed E-state index contributed by atoms with van der Waals surface area (Å²) in [6.07, 6.45) is 1.19. The summed E-state index contributed by atoms with van der Waals surface area (Å²) in [5, 5.41) is 6.24. The predicted molar refractivity (Wildman–Crippen MR) is 76.5 cm³/mol. The van der Waals surface area contributed by atoms with E-state index in [4.69, 9.17) is 11.6 Å². The lowest BCUT2D eigenvalue weighted by atomic mass is 10.1. The molecule has 0 aliphatic heterocycles. The highest BCUT2D eigenvalue weighted by Gasteiger charge is 2.42. The van der Waals surface area contributed by atoms with E-state index in [1.807, 2.05) is 0 Å². The van der Waals surface area contributed by atoms with Gasteiger partial charge in [-0.1, -0.05) is 17.7 Å². The van der Waals surface area contributed by atoms with Gasteiger partial charge in [0, 0.05) is 35.5 Å². The highest BCUT2D eigenvalue weighted by Crippen LogP contribution is 2.44. The minimum absolute atomic E-state index is 0. The molecule has 19 heavy (non-hydrogen) atoms. The number of hydrogen-bond donors (Lipinski definition) is 2. The number of hydrogen-bond acceptors (Lipinski definition) is 2. The molecule has 6 heteroatoms. The van der Waals surface area contributed by atoms with Crippen LogP contribution < -0.4 is 10.6 Å². The van der Waals surface area contributed by atoms with E-state index in [0.29, 0.717) is 23.6 Å². The number of carbonyl (C=O) groups is 1. The quantitative estimate of drug-likeness (QED) is 0.877. The fourth-order valence-corrected chi connectivity index (χ4v) is 2.36. The second-order valence-electron chi connectivity index (χ2n) is 4.51. The maximum Gasteiger partial charge on any atom is 0.221 e. The monoisotopic (exact) mass is 306 g/mol. The first-order valence-electron chi connectivity index (χ1n) is 6.01. The van der Waals surface area contributed by atoms with Crippen molar-refractivity contribution >= 4 is 29.9 Å². The standard InChI is InChI=1S/C13H16ClFN2O.ClH/c1-16-6-5-12(18)17-11-7-8(11)13-9(14)3-2-4-10(13)15;/h2-4,8,11,16H,5-7H2,1H3,(H,17,18);1H. The van der Waals surface area contributed by atoms with E-state index in [9.17, 15) is 9.18 Å². The summed E-state index contributed by atoms with van der Waals surface area (Å²) in [7, 11) is 1.80. The van der Waals surface area contributed by atoms with Gasteiger partial charge in [0.15, 0.2) is 0 Å². The van der Waals surface area contributed by atoms with Crippen molar-refractivity contribution in [1.29, 1.82) is 0 Å². The normalized spacial score (nSPS) is 20.6. The zero-order valence-corrected chi connectivity index (χ0v) is 12.2. The number of carbonyl (C=O) groups excluding carboxylic acids is 1. The summed E-state index contributed by atoms with van der Waals surface area (Å²) in [5.74, 6) is -0.291. The molecule has 1 saturated carbocycles. The molecule has 1 aliphatic carbocycles. The van der Waals surface area contributed by atoms with Crippen molar-refractivity contribution in [3.05, 3.63) is 34.6 Å². The Bertz CT molecular complexity index is 436. The molecular weight excluding hydrogens is 290 g/mol. The molecule has 2 unspecified atom stereocenters. The lowest BCUT2D eigenvalue weighted by molar-refractivity contribution is -0.121. The number of amides is 1. The third-order valence-corrected chi connectivity index (χ3v) is 3.44. The van der Waals surface area contributed by atoms with Crippen LogP contribution in [0.2, 0.25) is 5.02 Å². The Hall–Kier alpha value is -0.840. The molecule has 1 fully saturated rings. The Balaban J connectivity index is 0.00000180. The number of benzene rings is 1. The van der Waals surface area contributed by atoms with Gasteiger partial charge in [0.2, 0.25) is 5.91 Å². The van der Waals surface area contributed by atoms with E-state index in [0.717, 1.165) is 6.42 Å². The third kappa shape index (κ3) is 4.06. The number of nitrogens with one attached hydrogen (secondary N) is 2. The van der Waals surface area contributed by atoms with E-state index in [1.54, 1.807) is 19.2 Å². The van der Waals surface area contributed by atoms with Crippen molar-refractivity contribution in [1.82, 2.24) is 10.6 Å². The second kappa shape index (κ2) is 7.08. The van der Waals surface area contributed by atoms with E-state index in [1.165, 1.54) is 6.07 Å². The summed E-state index contributed by atoms with van der Waals surface area (Å²) < 4.78 is 13.6. The van der Waals surface area contributed by atoms with Crippen LogP contribution in [0.25, 0.3) is 0 Å². The molecule has 0 saturated heterocycles. The highest BCUT2D eigenvalue weighted by molar-refractivity contribution is 6.31. The Kier molecular flexibility index (Phi) is 6.04. The van der Waals surface area contributed by atoms with Gasteiger partial charge < -0.3 is 10.6 Å². The van der Waals surface area contributed by atoms with Crippen molar-refractivity contribution in [2.75, 3.05) is 13.6 Å². The van der Waals surface area contributed by atoms with Crippen LogP contribution in [0, 0.1) is 5.82 Å². The van der Waals surface area contributed by atoms with Crippen LogP contribution >= 0.6 is 24.0 Å². The van der Waals surface area contributed by atoms with E-state index in [2.05, 4.69) is 10.6 Å². The van der Waals surface area contributed by atoms with Crippen LogP contribution in [0.15, 0.2) is 18.2 Å². The Labute approximate surface area is 123 Å². The molecule has 0 bridgehead atoms. The van der Waals surface area contributed by atoms with Gasteiger partial charge >= 0.3 is 0 Å². The highest BCUT2D eigenvalue weighted by atomic mass is 35.5. The van der Waals surface area contributed by atoms with Gasteiger partial charge in [0.1, 0.15) is 5.82 Å². The van der Waals surface area contributed by atoms with Gasteiger partial charge in [-0.25, -0.2) is 4.39 Å². The van der Waals surface area contributed by atoms with Crippen LogP contribution in [-0.4, -0.2) is 25.5 Å². The zero-order valence-electron chi connectivity index (χ0n) is 10.6. The molecule has 106 valence electrons. The largest absolute Gasteiger partial charge is 0.353 e. The van der Waals surface area contributed by atoms with E-state index in [-0.39, 0.29) is 36.1 Å². The SMILES string of the molecule is CNCCC(=O)NC1CC1c1c(F)cccc1Cl.Cl. The Morgan fingerprint density at radius 3 is 2.89 bits per heavy atom. The summed E-state index contributed by atoms with van der Waals surface area (Å²) >= 11 is 5.99. The van der Waals surface area contributed by atoms with Crippen LogP contribution in [0.4, 0.5) is 4.39 Å². The molecule has 0 radical (unpaired) electrons. The lowest BCUT2D eigenvalue weighted by Crippen LogP contribution is -2.29. The first-order valence-corrected chi connectivity index (χ1v) is 6.39. The fourth-order valence-electron chi connectivity index (χ4n) is 2.06. The van der Waals surface area contributed by atoms with Gasteiger partial charge in [-0.15, -0.1) is 12.4 Å². The van der Waals surface area contributed by atoms with Crippen LogP contribution in [0.5, 0.6) is 0 Å². The molecule has 3 nitrogen and oxygen atoms in total. The lowest BCUT2D eigenvalue weighted by Gasteiger charge is -2.07. The fraction of sp³-hybridized carbons (Fsp3) is 0.462. The van der Waals surface area contributed by atoms with Gasteiger partial charge in [-0.05, 0) is 25.6 Å². The molecule has 1 aromatic carbocycles. The molecule has 0 heterocycles. The summed E-state index contributed by atoms with van der Waals surface area (Å²) in [6.45, 7) is 0.643. The summed E-state index contributed by atoms with van der Waals surface area (Å²) in [5.41, 5.74) is 0.526. The summed E-state index contributed by atoms with van der Waals surface area (Å²) in [4.78, 5) is 11.5.